The third-order valence-corrected chi connectivity index (χ3v) is 6.40. The Hall–Kier alpha value is -3.55. The van der Waals surface area contributed by atoms with Gasteiger partial charge in [-0.25, -0.2) is 4.79 Å². The highest BCUT2D eigenvalue weighted by atomic mass is 31.1. The van der Waals surface area contributed by atoms with Crippen LogP contribution in [0.15, 0.2) is 126 Å². The summed E-state index contributed by atoms with van der Waals surface area (Å²) in [5, 5.41) is -0.629. The summed E-state index contributed by atoms with van der Waals surface area (Å²) in [6.45, 7) is 0.202. The highest BCUT2D eigenvalue weighted by Crippen LogP contribution is 2.48. The van der Waals surface area contributed by atoms with Crippen LogP contribution in [0.4, 0.5) is 4.79 Å². The third-order valence-electron chi connectivity index (χ3n) is 5.06. The van der Waals surface area contributed by atoms with Gasteiger partial charge in [0.25, 0.3) is 0 Å². The van der Waals surface area contributed by atoms with E-state index >= 15 is 0 Å². The number of carbonyl (C=O) groups is 1. The van der Waals surface area contributed by atoms with Crippen LogP contribution in [0.5, 0.6) is 0 Å². The lowest BCUT2D eigenvalue weighted by atomic mass is 9.84. The van der Waals surface area contributed by atoms with Gasteiger partial charge in [0.15, 0.2) is 0 Å². The zero-order valence-corrected chi connectivity index (χ0v) is 17.9. The summed E-state index contributed by atoms with van der Waals surface area (Å²) in [6.07, 6.45) is -0.572. The molecule has 0 atom stereocenters. The molecule has 0 radical (unpaired) electrons. The van der Waals surface area contributed by atoms with Crippen molar-refractivity contribution in [3.63, 3.8) is 0 Å². The quantitative estimate of drug-likeness (QED) is 0.239. The average molecular weight is 423 g/mol. The van der Waals surface area contributed by atoms with Gasteiger partial charge in [-0.2, -0.15) is 4.74 Å². The second-order valence-electron chi connectivity index (χ2n) is 7.05. The summed E-state index contributed by atoms with van der Waals surface area (Å²) in [6, 6.07) is 40.2. The van der Waals surface area contributed by atoms with Crippen LogP contribution in [0.3, 0.4) is 0 Å². The smallest absolute Gasteiger partial charge is 0.437 e. The predicted molar refractivity (Wildman–Crippen MR) is 125 cm³/mol. The molecule has 31 heavy (non-hydrogen) atoms. The molecule has 152 valence electrons. The molecule has 0 N–H and O–H groups in total. The van der Waals surface area contributed by atoms with Gasteiger partial charge in [-0.3, -0.25) is 0 Å². The van der Waals surface area contributed by atoms with E-state index in [2.05, 4.69) is 41.1 Å². The minimum Gasteiger partial charge on any atom is -0.443 e. The van der Waals surface area contributed by atoms with Crippen molar-refractivity contribution >= 4 is 14.5 Å². The van der Waals surface area contributed by atoms with Crippen LogP contribution in [0.1, 0.15) is 22.3 Å². The Bertz CT molecular complexity index is 1030. The highest BCUT2D eigenvalue weighted by Gasteiger charge is 2.36. The highest BCUT2D eigenvalue weighted by molar-refractivity contribution is 7.30. The molecule has 0 fully saturated rings. The molecule has 4 aromatic carbocycles. The van der Waals surface area contributed by atoms with E-state index in [-0.39, 0.29) is 6.61 Å². The number of hydrogen-bond acceptors (Lipinski definition) is 2. The van der Waals surface area contributed by atoms with Gasteiger partial charge in [0.2, 0.25) is 0 Å². The molecule has 1 amide bonds. The van der Waals surface area contributed by atoms with E-state index < -0.39 is 11.2 Å². The lowest BCUT2D eigenvalue weighted by molar-refractivity contribution is 0.151. The van der Waals surface area contributed by atoms with Crippen molar-refractivity contribution in [2.75, 3.05) is 0 Å². The Morgan fingerprint density at radius 2 is 1.03 bits per heavy atom. The molecular formula is C27H22NO2P. The van der Waals surface area contributed by atoms with Gasteiger partial charge >= 0.3 is 6.09 Å². The Kier molecular flexibility index (Phi) is 6.66. The molecule has 0 aromatic heterocycles. The molecule has 0 aliphatic rings. The monoisotopic (exact) mass is 423 g/mol. The van der Waals surface area contributed by atoms with E-state index in [4.69, 9.17) is 4.74 Å². The fraction of sp³-hybridized carbons (Fsp3) is 0.0741. The third kappa shape index (κ3) is 4.79. The largest absolute Gasteiger partial charge is 0.443 e. The van der Waals surface area contributed by atoms with Crippen LogP contribution >= 0.6 is 8.37 Å². The Labute approximate surface area is 184 Å². The SMILES string of the molecule is O=C(N=PC(c1ccccc1)(c1ccccc1)c1ccccc1)OCc1ccccc1. The first-order valence-corrected chi connectivity index (χ1v) is 10.9. The van der Waals surface area contributed by atoms with E-state index in [1.165, 1.54) is 0 Å². The van der Waals surface area contributed by atoms with Crippen LogP contribution in [-0.4, -0.2) is 6.09 Å². The topological polar surface area (TPSA) is 38.7 Å². The molecule has 0 saturated heterocycles. The van der Waals surface area contributed by atoms with Crippen LogP contribution in [-0.2, 0) is 16.5 Å². The number of amides is 1. The Morgan fingerprint density at radius 1 is 0.645 bits per heavy atom. The summed E-state index contributed by atoms with van der Waals surface area (Å²) >= 11 is 0. The fourth-order valence-electron chi connectivity index (χ4n) is 3.58. The zero-order chi connectivity index (χ0) is 21.4. The van der Waals surface area contributed by atoms with E-state index in [0.29, 0.717) is 8.37 Å². The van der Waals surface area contributed by atoms with Gasteiger partial charge < -0.3 is 4.74 Å². The van der Waals surface area contributed by atoms with Crippen molar-refractivity contribution in [1.82, 2.24) is 0 Å². The van der Waals surface area contributed by atoms with Crippen molar-refractivity contribution in [2.45, 2.75) is 11.8 Å². The Morgan fingerprint density at radius 3 is 1.45 bits per heavy atom. The molecule has 0 heterocycles. The number of ether oxygens (including phenoxy) is 1. The van der Waals surface area contributed by atoms with Crippen molar-refractivity contribution in [3.05, 3.63) is 144 Å². The van der Waals surface area contributed by atoms with Gasteiger partial charge in [0, 0.05) is 8.37 Å². The lowest BCUT2D eigenvalue weighted by Crippen LogP contribution is -2.22. The van der Waals surface area contributed by atoms with Crippen molar-refractivity contribution in [3.8, 4) is 0 Å². The summed E-state index contributed by atoms with van der Waals surface area (Å²) in [4.78, 5) is 12.6. The first-order valence-electron chi connectivity index (χ1n) is 10.1. The molecule has 0 aliphatic carbocycles. The summed E-state index contributed by atoms with van der Waals surface area (Å²) < 4.78 is 9.77. The normalized spacial score (nSPS) is 11.4. The van der Waals surface area contributed by atoms with E-state index in [1.54, 1.807) is 0 Å². The first-order chi connectivity index (χ1) is 15.3. The van der Waals surface area contributed by atoms with Gasteiger partial charge in [0.05, 0.1) is 0 Å². The first kappa shape index (κ1) is 20.7. The number of nitrogens with zero attached hydrogens (tertiary/aromatic N) is 1. The fourth-order valence-corrected chi connectivity index (χ4v) is 4.66. The maximum Gasteiger partial charge on any atom is 0.437 e. The molecule has 0 saturated carbocycles. The van der Waals surface area contributed by atoms with Gasteiger partial charge in [0.1, 0.15) is 11.8 Å². The van der Waals surface area contributed by atoms with Crippen molar-refractivity contribution < 1.29 is 9.53 Å². The van der Waals surface area contributed by atoms with Gasteiger partial charge in [-0.15, -0.1) is 0 Å². The van der Waals surface area contributed by atoms with Crippen LogP contribution in [0.2, 0.25) is 0 Å². The van der Waals surface area contributed by atoms with Crippen molar-refractivity contribution in [2.24, 2.45) is 4.74 Å². The number of benzene rings is 4. The minimum absolute atomic E-state index is 0.202. The molecule has 0 unspecified atom stereocenters. The number of rotatable bonds is 6. The molecule has 0 spiro atoms. The zero-order valence-electron chi connectivity index (χ0n) is 17.0. The second-order valence-corrected chi connectivity index (χ2v) is 8.12. The second kappa shape index (κ2) is 9.97. The van der Waals surface area contributed by atoms with Gasteiger partial charge in [-0.05, 0) is 22.3 Å². The average Bonchev–Trinajstić information content (AvgIpc) is 2.86. The van der Waals surface area contributed by atoms with Crippen LogP contribution < -0.4 is 0 Å². The molecule has 0 aliphatic heterocycles. The predicted octanol–water partition coefficient (Wildman–Crippen LogP) is 7.45. The standard InChI is InChI=1S/C27H22NO2P/c29-26(30-21-22-13-5-1-6-14-22)28-31-27(23-15-7-2-8-16-23,24-17-9-3-10-18-24)25-19-11-4-12-20-25/h1-20H,21H2. The number of hydrogen-bond donors (Lipinski definition) is 0. The molecule has 4 aromatic rings. The lowest BCUT2D eigenvalue weighted by Gasteiger charge is -2.31. The van der Waals surface area contributed by atoms with E-state index in [9.17, 15) is 4.79 Å². The van der Waals surface area contributed by atoms with E-state index in [0.717, 1.165) is 22.3 Å². The van der Waals surface area contributed by atoms with E-state index in [1.807, 2.05) is 84.9 Å². The minimum atomic E-state index is -0.629. The molecule has 4 heteroatoms. The van der Waals surface area contributed by atoms with Gasteiger partial charge in [-0.1, -0.05) is 121 Å². The molecule has 3 nitrogen and oxygen atoms in total. The van der Waals surface area contributed by atoms with Crippen molar-refractivity contribution in [1.29, 1.82) is 0 Å². The number of carbonyl (C=O) groups excluding carboxylic acids is 1. The summed E-state index contributed by atoms with van der Waals surface area (Å²) in [5.41, 5.74) is 4.12. The Balaban J connectivity index is 1.75. The summed E-state index contributed by atoms with van der Waals surface area (Å²) in [5.74, 6) is 0. The maximum atomic E-state index is 12.6. The molecule has 4 rings (SSSR count). The van der Waals surface area contributed by atoms with Crippen LogP contribution in [0.25, 0.3) is 0 Å². The summed E-state index contributed by atoms with van der Waals surface area (Å²) in [7, 11) is 0.573. The maximum absolute atomic E-state index is 12.6. The van der Waals surface area contributed by atoms with Crippen LogP contribution in [0, 0.1) is 0 Å². The molecule has 0 bridgehead atoms. The molecular weight excluding hydrogens is 401 g/mol.